The third-order valence-electron chi connectivity index (χ3n) is 2.61. The maximum Gasteiger partial charge on any atom is 1.00 e. The van der Waals surface area contributed by atoms with Crippen LogP contribution in [0, 0.1) is 0 Å². The topological polar surface area (TPSA) is 9.23 Å². The molecule has 0 aliphatic heterocycles. The molecular weight excluding hydrogens is 211 g/mol. The van der Waals surface area contributed by atoms with E-state index in [0.29, 0.717) is 0 Å². The average molecular weight is 228 g/mol. The Bertz CT molecular complexity index is 304. The molecule has 0 unspecified atom stereocenters. The predicted octanol–water partition coefficient (Wildman–Crippen LogP) is -0.286. The van der Waals surface area contributed by atoms with Crippen LogP contribution in [0.15, 0.2) is 46.8 Å². The van der Waals surface area contributed by atoms with E-state index in [0.717, 1.165) is 19.4 Å². The van der Waals surface area contributed by atoms with Gasteiger partial charge in [0.25, 0.3) is 0 Å². The molecule has 76 valence electrons. The molecule has 0 N–H and O–H groups in total. The van der Waals surface area contributed by atoms with Gasteiger partial charge in [-0.2, -0.15) is 0 Å². The first-order valence-corrected chi connectivity index (χ1v) is 6.87. The van der Waals surface area contributed by atoms with Gasteiger partial charge in [0.2, 0.25) is 9.04 Å². The van der Waals surface area contributed by atoms with Crippen molar-refractivity contribution >= 4 is 9.04 Å². The van der Waals surface area contributed by atoms with Crippen LogP contribution in [-0.4, -0.2) is 15.6 Å². The molecule has 3 heteroatoms. The maximum atomic E-state index is 5.93. The second kappa shape index (κ2) is 6.66. The smallest absolute Gasteiger partial charge is 1.00 e. The van der Waals surface area contributed by atoms with Crippen LogP contribution < -0.4 is 29.6 Å². The van der Waals surface area contributed by atoms with Crippen molar-refractivity contribution in [2.45, 2.75) is 19.8 Å². The molecule has 0 saturated carbocycles. The van der Waals surface area contributed by atoms with Crippen molar-refractivity contribution in [3.05, 3.63) is 46.8 Å². The fourth-order valence-electron chi connectivity index (χ4n) is 1.94. The molecule has 2 rings (SSSR count). The second-order valence-corrected chi connectivity index (χ2v) is 6.16. The summed E-state index contributed by atoms with van der Waals surface area (Å²) in [7, 11) is -1.24. The summed E-state index contributed by atoms with van der Waals surface area (Å²) in [5.41, 5.74) is 0. The SMILES string of the molecule is CCO[SiH](C1=CC=CC1)C1=CC=CC1.[H-].[Na+]. The van der Waals surface area contributed by atoms with E-state index in [4.69, 9.17) is 4.43 Å². The summed E-state index contributed by atoms with van der Waals surface area (Å²) in [4.78, 5) is 0. The third-order valence-corrected chi connectivity index (χ3v) is 5.48. The normalized spacial score (nSPS) is 18.0. The van der Waals surface area contributed by atoms with Gasteiger partial charge in [0.1, 0.15) is 0 Å². The summed E-state index contributed by atoms with van der Waals surface area (Å²) in [5, 5.41) is 3.06. The van der Waals surface area contributed by atoms with Crippen molar-refractivity contribution in [1.29, 1.82) is 0 Å². The van der Waals surface area contributed by atoms with Gasteiger partial charge in [-0.05, 0) is 30.2 Å². The zero-order valence-electron chi connectivity index (χ0n) is 10.6. The summed E-state index contributed by atoms with van der Waals surface area (Å²) in [6, 6.07) is 0. The molecule has 0 aromatic heterocycles. The van der Waals surface area contributed by atoms with Gasteiger partial charge < -0.3 is 5.85 Å². The molecule has 0 aromatic carbocycles. The van der Waals surface area contributed by atoms with Crippen LogP contribution in [0.25, 0.3) is 0 Å². The van der Waals surface area contributed by atoms with Gasteiger partial charge in [0, 0.05) is 6.61 Å². The van der Waals surface area contributed by atoms with Crippen LogP contribution in [0.4, 0.5) is 0 Å². The molecule has 0 bridgehead atoms. The molecule has 2 aliphatic carbocycles. The quantitative estimate of drug-likeness (QED) is 0.601. The number of allylic oxidation sites excluding steroid dienone is 8. The molecule has 0 fully saturated rings. The van der Waals surface area contributed by atoms with E-state index in [-0.39, 0.29) is 31.0 Å². The monoisotopic (exact) mass is 228 g/mol. The van der Waals surface area contributed by atoms with Crippen LogP contribution in [0.5, 0.6) is 0 Å². The van der Waals surface area contributed by atoms with Gasteiger partial charge in [0.15, 0.2) is 0 Å². The standard InChI is InChI=1S/C12H16OSi.Na.H/c1-2-13-14(11-7-3-4-8-11)12-9-5-6-10-12;;/h3-7,9,14H,2,8,10H2,1H3;;/q;+1;-1. The van der Waals surface area contributed by atoms with Crippen LogP contribution in [0.3, 0.4) is 0 Å². The maximum absolute atomic E-state index is 5.93. The number of rotatable bonds is 4. The fraction of sp³-hybridized carbons (Fsp3) is 0.333. The van der Waals surface area contributed by atoms with Gasteiger partial charge in [-0.15, -0.1) is 0 Å². The van der Waals surface area contributed by atoms with Crippen LogP contribution in [-0.2, 0) is 4.43 Å². The van der Waals surface area contributed by atoms with Crippen molar-refractivity contribution in [3.8, 4) is 0 Å². The molecule has 0 radical (unpaired) electrons. The van der Waals surface area contributed by atoms with E-state index in [9.17, 15) is 0 Å². The van der Waals surface area contributed by atoms with Gasteiger partial charge in [-0.1, -0.05) is 36.5 Å². The fourth-order valence-corrected chi connectivity index (χ4v) is 4.45. The minimum absolute atomic E-state index is 0. The molecule has 15 heavy (non-hydrogen) atoms. The van der Waals surface area contributed by atoms with E-state index in [1.54, 1.807) is 0 Å². The van der Waals surface area contributed by atoms with Crippen LogP contribution in [0.2, 0.25) is 0 Å². The Morgan fingerprint density at radius 1 is 1.20 bits per heavy atom. The summed E-state index contributed by atoms with van der Waals surface area (Å²) in [5.74, 6) is 0. The van der Waals surface area contributed by atoms with E-state index >= 15 is 0 Å². The minimum atomic E-state index is -1.24. The Morgan fingerprint density at radius 2 is 1.73 bits per heavy atom. The predicted molar refractivity (Wildman–Crippen MR) is 63.6 cm³/mol. The van der Waals surface area contributed by atoms with Crippen molar-refractivity contribution in [2.75, 3.05) is 6.61 Å². The Balaban J connectivity index is 0.00000112. The van der Waals surface area contributed by atoms with E-state index in [2.05, 4.69) is 43.4 Å². The average Bonchev–Trinajstić information content (AvgIpc) is 2.87. The molecule has 0 amide bonds. The summed E-state index contributed by atoms with van der Waals surface area (Å²) in [6.07, 6.45) is 15.4. The largest absolute Gasteiger partial charge is 1.00 e. The van der Waals surface area contributed by atoms with Crippen molar-refractivity contribution in [1.82, 2.24) is 0 Å². The summed E-state index contributed by atoms with van der Waals surface area (Å²) in [6.45, 7) is 2.93. The van der Waals surface area contributed by atoms with Gasteiger partial charge in [-0.3, -0.25) is 0 Å². The number of hydrogen-bond acceptors (Lipinski definition) is 1. The summed E-state index contributed by atoms with van der Waals surface area (Å²) >= 11 is 0. The van der Waals surface area contributed by atoms with E-state index < -0.39 is 9.04 Å². The Kier molecular flexibility index (Phi) is 5.86. The molecular formula is C12H17NaOSi. The Labute approximate surface area is 117 Å². The molecule has 0 aromatic rings. The minimum Gasteiger partial charge on any atom is -1.00 e. The molecule has 0 heterocycles. The van der Waals surface area contributed by atoms with Gasteiger partial charge in [-0.25, -0.2) is 0 Å². The summed E-state index contributed by atoms with van der Waals surface area (Å²) < 4.78 is 5.93. The van der Waals surface area contributed by atoms with E-state index in [1.807, 2.05) is 0 Å². The molecule has 0 saturated heterocycles. The number of hydrogen-bond donors (Lipinski definition) is 0. The molecule has 0 spiro atoms. The first kappa shape index (κ1) is 13.2. The van der Waals surface area contributed by atoms with Crippen molar-refractivity contribution < 1.29 is 35.4 Å². The second-order valence-electron chi connectivity index (χ2n) is 3.58. The Morgan fingerprint density at radius 3 is 2.07 bits per heavy atom. The van der Waals surface area contributed by atoms with Gasteiger partial charge in [0.05, 0.1) is 0 Å². The Hall–Kier alpha value is 0.137. The first-order chi connectivity index (χ1) is 6.92. The zero-order valence-corrected chi connectivity index (χ0v) is 12.7. The molecule has 0 atom stereocenters. The molecule has 1 nitrogen and oxygen atoms in total. The van der Waals surface area contributed by atoms with E-state index in [1.165, 1.54) is 10.4 Å². The van der Waals surface area contributed by atoms with Crippen LogP contribution >= 0.6 is 0 Å². The van der Waals surface area contributed by atoms with Gasteiger partial charge >= 0.3 is 29.6 Å². The molecule has 2 aliphatic rings. The third kappa shape index (κ3) is 3.30. The first-order valence-electron chi connectivity index (χ1n) is 5.24. The zero-order chi connectivity index (χ0) is 9.80. The van der Waals surface area contributed by atoms with Crippen LogP contribution in [0.1, 0.15) is 21.2 Å². The van der Waals surface area contributed by atoms with Crippen molar-refractivity contribution in [2.24, 2.45) is 0 Å². The van der Waals surface area contributed by atoms with Crippen molar-refractivity contribution in [3.63, 3.8) is 0 Å².